The van der Waals surface area contributed by atoms with Crippen molar-refractivity contribution in [2.24, 2.45) is 16.6 Å². The molecule has 0 bridgehead atoms. The van der Waals surface area contributed by atoms with Crippen LogP contribution in [0.2, 0.25) is 0 Å². The molecule has 0 spiro atoms. The molecule has 1 fully saturated rings. The van der Waals surface area contributed by atoms with Crippen molar-refractivity contribution in [2.45, 2.75) is 69.4 Å². The van der Waals surface area contributed by atoms with Gasteiger partial charge in [0.1, 0.15) is 22.8 Å². The van der Waals surface area contributed by atoms with Gasteiger partial charge in [0.2, 0.25) is 5.78 Å². The Balaban J connectivity index is 1.68. The zero-order chi connectivity index (χ0) is 30.7. The summed E-state index contributed by atoms with van der Waals surface area (Å²) in [4.78, 5) is 38.7. The highest BCUT2D eigenvalue weighted by molar-refractivity contribution is 6.31. The Bertz CT molecular complexity index is 1510. The first-order valence-corrected chi connectivity index (χ1v) is 13.2. The lowest BCUT2D eigenvalue weighted by atomic mass is 9.72. The van der Waals surface area contributed by atoms with Crippen molar-refractivity contribution in [3.05, 3.63) is 51.6 Å². The normalized spacial score (nSPS) is 28.9. The van der Waals surface area contributed by atoms with Crippen LogP contribution in [-0.2, 0) is 15.9 Å². The van der Waals surface area contributed by atoms with Gasteiger partial charge in [-0.15, -0.1) is 0 Å². The number of hydrogen-bond donors (Lipinski definition) is 7. The maximum Gasteiger partial charge on any atom is 0.332 e. The van der Waals surface area contributed by atoms with E-state index in [-0.39, 0.29) is 53.0 Å². The lowest BCUT2D eigenvalue weighted by Crippen LogP contribution is -2.52. The van der Waals surface area contributed by atoms with Crippen molar-refractivity contribution in [3.8, 4) is 17.2 Å². The Labute approximate surface area is 239 Å². The van der Waals surface area contributed by atoms with E-state index >= 15 is 0 Å². The zero-order valence-electron chi connectivity index (χ0n) is 23.1. The number of ketones is 2. The van der Waals surface area contributed by atoms with Gasteiger partial charge in [0, 0.05) is 42.0 Å². The number of fused-ring (bicyclic) bond motifs is 3. The summed E-state index contributed by atoms with van der Waals surface area (Å²) in [6.45, 7) is 3.02. The number of hydrazone groups is 1. The highest BCUT2D eigenvalue weighted by Gasteiger charge is 2.49. The quantitative estimate of drug-likeness (QED) is 0.124. The SMILES string of the molecule is COc1cccc2c1C(=O)c1c(O)c3c(c(O)c1C2=O)C[C@@](O)(/C(C)=N/NC(N)=O)CC3OC1CC(N)C(O)C(C)O1. The monoisotopic (exact) mass is 584 g/mol. The fraction of sp³-hybridized carbons (Fsp3) is 0.429. The van der Waals surface area contributed by atoms with Crippen molar-refractivity contribution in [1.29, 1.82) is 0 Å². The summed E-state index contributed by atoms with van der Waals surface area (Å²) in [5.41, 5.74) is 10.3. The molecule has 1 heterocycles. The number of aliphatic hydroxyl groups is 2. The lowest BCUT2D eigenvalue weighted by molar-refractivity contribution is -0.245. The standard InChI is InChI=1S/C28H32N4O10/c1-10-22(33)14(29)7-17(41-10)42-16-9-28(39,11(2)31-32-27(30)38)8-13-19(16)26(37)21-20(24(13)35)23(34)12-5-4-6-15(40-3)18(12)25(21)36/h4-6,10,14,16-17,22,33,35,37,39H,7-9,29H2,1-3H3,(H3,30,32,38)/b31-11+/t10?,14?,16?,17?,22?,28-/m0/s1. The second-order valence-corrected chi connectivity index (χ2v) is 10.8. The van der Waals surface area contributed by atoms with Gasteiger partial charge in [-0.25, -0.2) is 10.2 Å². The van der Waals surface area contributed by atoms with E-state index in [2.05, 4.69) is 5.10 Å². The average Bonchev–Trinajstić information content (AvgIpc) is 2.94. The van der Waals surface area contributed by atoms with Gasteiger partial charge >= 0.3 is 6.03 Å². The third-order valence-electron chi connectivity index (χ3n) is 8.15. The summed E-state index contributed by atoms with van der Waals surface area (Å²) in [6, 6.07) is 2.73. The molecule has 0 aromatic heterocycles. The highest BCUT2D eigenvalue weighted by Crippen LogP contribution is 2.52. The number of urea groups is 1. The van der Waals surface area contributed by atoms with Crippen LogP contribution in [0.3, 0.4) is 0 Å². The summed E-state index contributed by atoms with van der Waals surface area (Å²) in [5, 5.41) is 48.9. The predicted octanol–water partition coefficient (Wildman–Crippen LogP) is 0.484. The fourth-order valence-electron chi connectivity index (χ4n) is 5.91. The first kappa shape index (κ1) is 29.4. The van der Waals surface area contributed by atoms with Gasteiger partial charge in [-0.3, -0.25) is 9.59 Å². The number of aromatic hydroxyl groups is 2. The second kappa shape index (κ2) is 10.6. The van der Waals surface area contributed by atoms with Crippen molar-refractivity contribution in [3.63, 3.8) is 0 Å². The number of carbonyl (C=O) groups excluding carboxylic acids is 3. The molecular weight excluding hydrogens is 552 g/mol. The van der Waals surface area contributed by atoms with Crippen molar-refractivity contribution in [1.82, 2.24) is 5.43 Å². The summed E-state index contributed by atoms with van der Waals surface area (Å²) >= 11 is 0. The minimum absolute atomic E-state index is 0.0142. The average molecular weight is 585 g/mol. The molecule has 5 unspecified atom stereocenters. The van der Waals surface area contributed by atoms with Gasteiger partial charge in [0.15, 0.2) is 12.1 Å². The number of hydrogen-bond acceptors (Lipinski definition) is 12. The van der Waals surface area contributed by atoms with Gasteiger partial charge in [-0.05, 0) is 19.9 Å². The van der Waals surface area contributed by atoms with Gasteiger partial charge < -0.3 is 46.1 Å². The number of methoxy groups -OCH3 is 1. The molecule has 42 heavy (non-hydrogen) atoms. The van der Waals surface area contributed by atoms with E-state index in [0.29, 0.717) is 0 Å². The summed E-state index contributed by atoms with van der Waals surface area (Å²) < 4.78 is 17.3. The first-order chi connectivity index (χ1) is 19.8. The number of aliphatic hydroxyl groups excluding tert-OH is 1. The molecule has 2 aromatic carbocycles. The first-order valence-electron chi connectivity index (χ1n) is 13.2. The Morgan fingerprint density at radius 1 is 1.17 bits per heavy atom. The van der Waals surface area contributed by atoms with Crippen LogP contribution in [-0.4, -0.2) is 81.0 Å². The van der Waals surface area contributed by atoms with Crippen molar-refractivity contribution >= 4 is 23.3 Å². The molecule has 5 rings (SSSR count). The van der Waals surface area contributed by atoms with E-state index in [4.69, 9.17) is 25.7 Å². The molecule has 1 saturated heterocycles. The number of benzene rings is 2. The van der Waals surface area contributed by atoms with E-state index < -0.39 is 76.5 Å². The van der Waals surface area contributed by atoms with E-state index in [1.54, 1.807) is 6.92 Å². The van der Waals surface area contributed by atoms with Crippen LogP contribution in [0.4, 0.5) is 4.79 Å². The molecule has 14 nitrogen and oxygen atoms in total. The molecule has 2 aromatic rings. The molecule has 2 aliphatic carbocycles. The van der Waals surface area contributed by atoms with Crippen molar-refractivity contribution < 1.29 is 49.0 Å². The molecule has 6 atom stereocenters. The Morgan fingerprint density at radius 2 is 1.86 bits per heavy atom. The summed E-state index contributed by atoms with van der Waals surface area (Å²) in [7, 11) is 1.33. The Hall–Kier alpha value is -4.08. The van der Waals surface area contributed by atoms with Crippen molar-refractivity contribution in [2.75, 3.05) is 7.11 Å². The molecule has 224 valence electrons. The number of ether oxygens (including phenoxy) is 3. The molecule has 1 aliphatic heterocycles. The number of rotatable bonds is 5. The lowest BCUT2D eigenvalue weighted by Gasteiger charge is -2.42. The molecule has 14 heteroatoms. The molecular formula is C28H32N4O10. The van der Waals surface area contributed by atoms with E-state index in [1.807, 2.05) is 5.43 Å². The van der Waals surface area contributed by atoms with Crippen LogP contribution in [0.15, 0.2) is 23.3 Å². The number of phenolic OH excluding ortho intramolecular Hbond substituents is 2. The van der Waals surface area contributed by atoms with Crippen LogP contribution in [0.1, 0.15) is 75.8 Å². The Kier molecular flexibility index (Phi) is 7.45. The van der Waals surface area contributed by atoms with Crippen LogP contribution >= 0.6 is 0 Å². The van der Waals surface area contributed by atoms with Crippen LogP contribution in [0, 0.1) is 0 Å². The van der Waals surface area contributed by atoms with E-state index in [1.165, 1.54) is 32.2 Å². The van der Waals surface area contributed by atoms with Gasteiger partial charge in [-0.2, -0.15) is 5.10 Å². The number of nitrogens with one attached hydrogen (secondary N) is 1. The highest BCUT2D eigenvalue weighted by atomic mass is 16.7. The molecule has 2 amide bonds. The zero-order valence-corrected chi connectivity index (χ0v) is 23.1. The van der Waals surface area contributed by atoms with Gasteiger partial charge in [-0.1, -0.05) is 12.1 Å². The molecule has 0 radical (unpaired) electrons. The number of amides is 2. The number of phenols is 2. The minimum atomic E-state index is -1.89. The van der Waals surface area contributed by atoms with E-state index in [0.717, 1.165) is 0 Å². The number of primary amides is 1. The third kappa shape index (κ3) is 4.66. The maximum atomic E-state index is 13.8. The van der Waals surface area contributed by atoms with Gasteiger partial charge in [0.25, 0.3) is 0 Å². The minimum Gasteiger partial charge on any atom is -0.507 e. The molecule has 3 aliphatic rings. The number of carbonyl (C=O) groups is 3. The number of nitrogens with zero attached hydrogens (tertiary/aromatic N) is 1. The fourth-order valence-corrected chi connectivity index (χ4v) is 5.91. The third-order valence-corrected chi connectivity index (χ3v) is 8.15. The topological polar surface area (TPSA) is 236 Å². The largest absolute Gasteiger partial charge is 0.507 e. The summed E-state index contributed by atoms with van der Waals surface area (Å²) in [5.74, 6) is -2.61. The van der Waals surface area contributed by atoms with E-state index in [9.17, 15) is 34.8 Å². The predicted molar refractivity (Wildman–Crippen MR) is 145 cm³/mol. The second-order valence-electron chi connectivity index (χ2n) is 10.8. The smallest absolute Gasteiger partial charge is 0.332 e. The number of nitrogens with two attached hydrogens (primary N) is 2. The van der Waals surface area contributed by atoms with Crippen LogP contribution in [0.25, 0.3) is 0 Å². The Morgan fingerprint density at radius 3 is 2.50 bits per heavy atom. The van der Waals surface area contributed by atoms with Crippen LogP contribution in [0.5, 0.6) is 17.2 Å². The molecule has 0 saturated carbocycles. The van der Waals surface area contributed by atoms with Gasteiger partial charge in [0.05, 0.1) is 47.8 Å². The molecule has 9 N–H and O–H groups in total. The maximum absolute atomic E-state index is 13.8. The van der Waals surface area contributed by atoms with Crippen LogP contribution < -0.4 is 21.6 Å². The summed E-state index contributed by atoms with van der Waals surface area (Å²) in [6.07, 6.45) is -4.54.